The average Bonchev–Trinajstić information content (AvgIpc) is 3.20. The van der Waals surface area contributed by atoms with Crippen molar-refractivity contribution in [3.63, 3.8) is 0 Å². The SMILES string of the molecule is CN1CCC(Oc2cc(N3CCN(C)CC3)n3nc(-c4ccccc4)nc3n2)CC1. The van der Waals surface area contributed by atoms with E-state index in [4.69, 9.17) is 19.8 Å². The van der Waals surface area contributed by atoms with E-state index in [0.717, 1.165) is 63.5 Å². The quantitative estimate of drug-likeness (QED) is 0.656. The molecular weight excluding hydrogens is 378 g/mol. The fourth-order valence-corrected chi connectivity index (χ4v) is 4.14. The molecule has 8 nitrogen and oxygen atoms in total. The minimum Gasteiger partial charge on any atom is -0.474 e. The summed E-state index contributed by atoms with van der Waals surface area (Å²) >= 11 is 0. The molecule has 30 heavy (non-hydrogen) atoms. The summed E-state index contributed by atoms with van der Waals surface area (Å²) in [5.41, 5.74) is 0.991. The van der Waals surface area contributed by atoms with Crippen LogP contribution in [0.25, 0.3) is 17.2 Å². The van der Waals surface area contributed by atoms with Gasteiger partial charge in [-0.3, -0.25) is 0 Å². The van der Waals surface area contributed by atoms with Gasteiger partial charge < -0.3 is 19.4 Å². The molecule has 0 aliphatic carbocycles. The van der Waals surface area contributed by atoms with Crippen LogP contribution in [0.15, 0.2) is 36.4 Å². The van der Waals surface area contributed by atoms with Gasteiger partial charge in [0.05, 0.1) is 0 Å². The van der Waals surface area contributed by atoms with E-state index in [1.165, 1.54) is 0 Å². The number of hydrogen-bond donors (Lipinski definition) is 0. The van der Waals surface area contributed by atoms with Gasteiger partial charge in [0.2, 0.25) is 5.88 Å². The fourth-order valence-electron chi connectivity index (χ4n) is 4.14. The second-order valence-electron chi connectivity index (χ2n) is 8.38. The van der Waals surface area contributed by atoms with Crippen molar-refractivity contribution in [1.29, 1.82) is 0 Å². The Morgan fingerprint density at radius 2 is 1.57 bits per heavy atom. The van der Waals surface area contributed by atoms with E-state index in [0.29, 0.717) is 17.5 Å². The van der Waals surface area contributed by atoms with Gasteiger partial charge in [-0.1, -0.05) is 30.3 Å². The van der Waals surface area contributed by atoms with Gasteiger partial charge in [0.15, 0.2) is 5.82 Å². The monoisotopic (exact) mass is 407 g/mol. The normalized spacial score (nSPS) is 19.5. The third-order valence-electron chi connectivity index (χ3n) is 6.08. The number of rotatable bonds is 4. The molecule has 2 aromatic heterocycles. The van der Waals surface area contributed by atoms with Crippen molar-refractivity contribution < 1.29 is 4.74 Å². The molecule has 0 amide bonds. The highest BCUT2D eigenvalue weighted by Crippen LogP contribution is 2.26. The number of anilines is 1. The Kier molecular flexibility index (Phi) is 5.26. The van der Waals surface area contributed by atoms with E-state index in [9.17, 15) is 0 Å². The van der Waals surface area contributed by atoms with Crippen LogP contribution in [0.1, 0.15) is 12.8 Å². The average molecular weight is 408 g/mol. The molecule has 0 spiro atoms. The first-order valence-electron chi connectivity index (χ1n) is 10.8. The molecule has 3 aromatic rings. The Morgan fingerprint density at radius 3 is 2.30 bits per heavy atom. The van der Waals surface area contributed by atoms with Crippen LogP contribution < -0.4 is 9.64 Å². The summed E-state index contributed by atoms with van der Waals surface area (Å²) in [5, 5.41) is 4.80. The van der Waals surface area contributed by atoms with Crippen LogP contribution in [0.4, 0.5) is 5.82 Å². The smallest absolute Gasteiger partial charge is 0.257 e. The second-order valence-corrected chi connectivity index (χ2v) is 8.38. The van der Waals surface area contributed by atoms with Crippen molar-refractivity contribution in [3.8, 4) is 17.3 Å². The van der Waals surface area contributed by atoms with Crippen molar-refractivity contribution >= 4 is 11.6 Å². The summed E-state index contributed by atoms with van der Waals surface area (Å²) < 4.78 is 8.19. The molecule has 2 aliphatic heterocycles. The molecule has 8 heteroatoms. The number of nitrogens with zero attached hydrogens (tertiary/aromatic N) is 7. The summed E-state index contributed by atoms with van der Waals surface area (Å²) in [6.07, 6.45) is 2.25. The summed E-state index contributed by atoms with van der Waals surface area (Å²) in [7, 11) is 4.32. The van der Waals surface area contributed by atoms with Gasteiger partial charge in [-0.25, -0.2) is 0 Å². The van der Waals surface area contributed by atoms with Crippen molar-refractivity contribution in [2.75, 3.05) is 58.3 Å². The standard InChI is InChI=1S/C22H29N7O/c1-26-10-8-18(9-11-26)30-19-16-20(28-14-12-27(2)13-15-28)29-22(23-19)24-21(25-29)17-6-4-3-5-7-17/h3-7,16,18H,8-15H2,1-2H3. The number of ether oxygens (including phenoxy) is 1. The number of hydrogen-bond acceptors (Lipinski definition) is 7. The van der Waals surface area contributed by atoms with E-state index in [2.05, 4.69) is 28.8 Å². The highest BCUT2D eigenvalue weighted by molar-refractivity contribution is 5.59. The van der Waals surface area contributed by atoms with Crippen molar-refractivity contribution in [2.24, 2.45) is 0 Å². The highest BCUT2D eigenvalue weighted by Gasteiger charge is 2.23. The maximum atomic E-state index is 6.32. The molecule has 0 saturated carbocycles. The zero-order valence-corrected chi connectivity index (χ0v) is 17.7. The largest absolute Gasteiger partial charge is 0.474 e. The van der Waals surface area contributed by atoms with Crippen LogP contribution in [-0.2, 0) is 0 Å². The zero-order valence-electron chi connectivity index (χ0n) is 17.7. The lowest BCUT2D eigenvalue weighted by Gasteiger charge is -2.34. The number of aromatic nitrogens is 4. The lowest BCUT2D eigenvalue weighted by Crippen LogP contribution is -2.45. The molecule has 158 valence electrons. The fraction of sp³-hybridized carbons (Fsp3) is 0.500. The summed E-state index contributed by atoms with van der Waals surface area (Å²) in [6.45, 7) is 6.06. The minimum absolute atomic E-state index is 0.202. The highest BCUT2D eigenvalue weighted by atomic mass is 16.5. The van der Waals surface area contributed by atoms with Crippen molar-refractivity contribution in [3.05, 3.63) is 36.4 Å². The van der Waals surface area contributed by atoms with E-state index in [1.807, 2.05) is 40.9 Å². The summed E-state index contributed by atoms with van der Waals surface area (Å²) in [4.78, 5) is 16.5. The lowest BCUT2D eigenvalue weighted by atomic mass is 10.1. The number of piperidine rings is 1. The maximum absolute atomic E-state index is 6.32. The van der Waals surface area contributed by atoms with Crippen molar-refractivity contribution in [1.82, 2.24) is 29.4 Å². The van der Waals surface area contributed by atoms with Crippen LogP contribution in [0, 0.1) is 0 Å². The molecule has 4 heterocycles. The zero-order chi connectivity index (χ0) is 20.5. The van der Waals surface area contributed by atoms with Crippen molar-refractivity contribution in [2.45, 2.75) is 18.9 Å². The Balaban J connectivity index is 1.51. The first-order chi connectivity index (χ1) is 14.7. The molecule has 0 bridgehead atoms. The first-order valence-corrected chi connectivity index (χ1v) is 10.8. The van der Waals surface area contributed by atoms with Gasteiger partial charge in [0, 0.05) is 50.9 Å². The molecule has 2 saturated heterocycles. The van der Waals surface area contributed by atoms with Crippen LogP contribution in [0.5, 0.6) is 5.88 Å². The molecule has 0 atom stereocenters. The molecule has 0 radical (unpaired) electrons. The molecule has 1 aromatic carbocycles. The van der Waals surface area contributed by atoms with Crippen LogP contribution in [0.2, 0.25) is 0 Å². The predicted octanol–water partition coefficient (Wildman–Crippen LogP) is 2.02. The third-order valence-corrected chi connectivity index (χ3v) is 6.08. The minimum atomic E-state index is 0.202. The lowest BCUT2D eigenvalue weighted by molar-refractivity contribution is 0.110. The Hall–Kier alpha value is -2.71. The Bertz CT molecular complexity index is 989. The summed E-state index contributed by atoms with van der Waals surface area (Å²) in [5.74, 6) is 2.94. The van der Waals surface area contributed by atoms with Crippen LogP contribution >= 0.6 is 0 Å². The molecule has 2 aliphatic rings. The molecule has 0 N–H and O–H groups in total. The third kappa shape index (κ3) is 3.97. The van der Waals surface area contributed by atoms with Crippen LogP contribution in [0.3, 0.4) is 0 Å². The van der Waals surface area contributed by atoms with Gasteiger partial charge in [0.1, 0.15) is 11.9 Å². The number of fused-ring (bicyclic) bond motifs is 1. The summed E-state index contributed by atoms with van der Waals surface area (Å²) in [6, 6.07) is 12.1. The Morgan fingerprint density at radius 1 is 0.867 bits per heavy atom. The van der Waals surface area contributed by atoms with Gasteiger partial charge in [0.25, 0.3) is 5.78 Å². The van der Waals surface area contributed by atoms with Gasteiger partial charge >= 0.3 is 0 Å². The number of likely N-dealkylation sites (tertiary alicyclic amines) is 1. The van der Waals surface area contributed by atoms with Gasteiger partial charge in [-0.05, 0) is 26.9 Å². The second kappa shape index (κ2) is 8.20. The van der Waals surface area contributed by atoms with Gasteiger partial charge in [-0.2, -0.15) is 14.5 Å². The maximum Gasteiger partial charge on any atom is 0.257 e. The van der Waals surface area contributed by atoms with Gasteiger partial charge in [-0.15, -0.1) is 5.10 Å². The number of likely N-dealkylation sites (N-methyl/N-ethyl adjacent to an activating group) is 1. The molecule has 5 rings (SSSR count). The Labute approximate surface area is 177 Å². The molecule has 2 fully saturated rings. The molecule has 0 unspecified atom stereocenters. The molecular formula is C22H29N7O. The van der Waals surface area contributed by atoms with Crippen LogP contribution in [-0.4, -0.2) is 88.8 Å². The van der Waals surface area contributed by atoms with E-state index in [-0.39, 0.29) is 6.10 Å². The predicted molar refractivity (Wildman–Crippen MR) is 117 cm³/mol. The van der Waals surface area contributed by atoms with E-state index in [1.54, 1.807) is 0 Å². The topological polar surface area (TPSA) is 62.0 Å². The number of piperazine rings is 1. The first kappa shape index (κ1) is 19.3. The van der Waals surface area contributed by atoms with E-state index >= 15 is 0 Å². The van der Waals surface area contributed by atoms with E-state index < -0.39 is 0 Å². The number of benzene rings is 1.